The van der Waals surface area contributed by atoms with Crippen molar-refractivity contribution in [3.8, 4) is 17.6 Å². The first-order valence-corrected chi connectivity index (χ1v) is 22.8. The number of nitrogens with one attached hydrogen (secondary N) is 1. The van der Waals surface area contributed by atoms with Gasteiger partial charge in [-0.15, -0.1) is 0 Å². The fourth-order valence-corrected chi connectivity index (χ4v) is 9.91. The van der Waals surface area contributed by atoms with Crippen LogP contribution in [-0.4, -0.2) is 94.5 Å². The number of imidazole rings is 1. The van der Waals surface area contributed by atoms with Crippen LogP contribution in [0.3, 0.4) is 0 Å². The minimum absolute atomic E-state index is 0.00240. The lowest BCUT2D eigenvalue weighted by molar-refractivity contribution is -0.0949. The van der Waals surface area contributed by atoms with Gasteiger partial charge in [-0.1, -0.05) is 72.8 Å². The summed E-state index contributed by atoms with van der Waals surface area (Å²) in [6.45, 7) is 10.8. The molecule has 2 aromatic heterocycles. The van der Waals surface area contributed by atoms with Crippen molar-refractivity contribution in [2.24, 2.45) is 0 Å². The van der Waals surface area contributed by atoms with Crippen LogP contribution in [0.1, 0.15) is 74.3 Å². The van der Waals surface area contributed by atoms with Crippen molar-refractivity contribution in [3.05, 3.63) is 144 Å². The molecule has 340 valence electrons. The van der Waals surface area contributed by atoms with Crippen molar-refractivity contribution in [2.75, 3.05) is 39.4 Å². The second-order valence-electron chi connectivity index (χ2n) is 15.8. The largest absolute Gasteiger partial charge is 0.497 e. The zero-order valence-corrected chi connectivity index (χ0v) is 38.6. The third-order valence-electron chi connectivity index (χ3n) is 11.1. The van der Waals surface area contributed by atoms with Gasteiger partial charge in [-0.2, -0.15) is 5.26 Å². The summed E-state index contributed by atoms with van der Waals surface area (Å²) in [5.41, 5.74) is 2.63. The Hall–Kier alpha value is -5.82. The van der Waals surface area contributed by atoms with Crippen LogP contribution < -0.4 is 14.8 Å². The van der Waals surface area contributed by atoms with E-state index in [0.717, 1.165) is 16.7 Å². The maximum atomic E-state index is 13.3. The molecule has 1 aliphatic rings. The van der Waals surface area contributed by atoms with E-state index >= 15 is 0 Å². The number of ether oxygens (including phenoxy) is 5. The molecular formula is C49H56N7O8P. The van der Waals surface area contributed by atoms with Crippen LogP contribution in [0.25, 0.3) is 11.2 Å². The highest BCUT2D eigenvalue weighted by Crippen LogP contribution is 2.51. The third kappa shape index (κ3) is 10.4. The van der Waals surface area contributed by atoms with Gasteiger partial charge in [0.05, 0.1) is 46.3 Å². The fraction of sp³-hybridized carbons (Fsp3) is 0.367. The summed E-state index contributed by atoms with van der Waals surface area (Å²) in [7, 11) is 1.49. The zero-order chi connectivity index (χ0) is 45.9. The molecule has 3 heterocycles. The normalized spacial score (nSPS) is 18.0. The molecule has 6 aromatic rings. The number of rotatable bonds is 21. The first kappa shape index (κ1) is 47.2. The average Bonchev–Trinajstić information content (AvgIpc) is 3.91. The Kier molecular flexibility index (Phi) is 15.9. The number of carbonyl (C=O) groups excluding carboxylic acids is 1. The van der Waals surface area contributed by atoms with Crippen LogP contribution >= 0.6 is 8.53 Å². The lowest BCUT2D eigenvalue weighted by Crippen LogP contribution is -2.43. The minimum Gasteiger partial charge on any atom is -0.497 e. The topological polar surface area (TPSA) is 164 Å². The molecule has 0 bridgehead atoms. The second-order valence-corrected chi connectivity index (χ2v) is 17.2. The number of hydrogen-bond donors (Lipinski definition) is 1. The molecule has 1 saturated heterocycles. The molecule has 1 unspecified atom stereocenters. The van der Waals surface area contributed by atoms with Crippen LogP contribution in [0.4, 0.5) is 5.82 Å². The molecule has 4 aromatic carbocycles. The van der Waals surface area contributed by atoms with E-state index in [9.17, 15) is 10.1 Å². The van der Waals surface area contributed by atoms with Crippen molar-refractivity contribution in [1.29, 1.82) is 5.26 Å². The summed E-state index contributed by atoms with van der Waals surface area (Å²) in [5, 5.41) is 12.4. The van der Waals surface area contributed by atoms with Gasteiger partial charge in [0, 0.05) is 24.3 Å². The van der Waals surface area contributed by atoms with Gasteiger partial charge in [-0.05, 0) is 87.7 Å². The van der Waals surface area contributed by atoms with Gasteiger partial charge < -0.3 is 38.0 Å². The van der Waals surface area contributed by atoms with Gasteiger partial charge in [0.2, 0.25) is 0 Å². The number of carbonyl (C=O) groups is 1. The molecule has 1 fully saturated rings. The van der Waals surface area contributed by atoms with Crippen LogP contribution in [0.2, 0.25) is 0 Å². The Balaban J connectivity index is 1.34. The van der Waals surface area contributed by atoms with Gasteiger partial charge in [0.25, 0.3) is 14.4 Å². The van der Waals surface area contributed by atoms with E-state index in [1.165, 1.54) is 6.33 Å². The van der Waals surface area contributed by atoms with Crippen molar-refractivity contribution in [3.63, 3.8) is 0 Å². The molecule has 65 heavy (non-hydrogen) atoms. The number of methoxy groups -OCH3 is 2. The highest BCUT2D eigenvalue weighted by molar-refractivity contribution is 7.44. The Morgan fingerprint density at radius 3 is 2.02 bits per heavy atom. The highest BCUT2D eigenvalue weighted by atomic mass is 31.2. The molecule has 0 saturated carbocycles. The molecular weight excluding hydrogens is 846 g/mol. The van der Waals surface area contributed by atoms with E-state index in [-0.39, 0.29) is 43.4 Å². The molecule has 1 amide bonds. The van der Waals surface area contributed by atoms with E-state index in [1.54, 1.807) is 49.4 Å². The van der Waals surface area contributed by atoms with Crippen molar-refractivity contribution < 1.29 is 37.5 Å². The first-order valence-electron chi connectivity index (χ1n) is 21.7. The number of fused-ring (bicyclic) bond motifs is 1. The molecule has 7 rings (SSSR count). The Morgan fingerprint density at radius 1 is 0.846 bits per heavy atom. The fourth-order valence-electron chi connectivity index (χ4n) is 8.14. The monoisotopic (exact) mass is 901 g/mol. The minimum atomic E-state index is -1.78. The highest BCUT2D eigenvalue weighted by Gasteiger charge is 2.51. The summed E-state index contributed by atoms with van der Waals surface area (Å²) in [4.78, 5) is 27.0. The standard InChI is InChI=1S/C49H56N7O8P/c1-8-60-44-43(64-65(62-29-15-28-50)56(33(2)3)34(4)5)41(63-48(44)55-32-53-42-45(51-31-52-46(42)55)54-47(57)35-16-11-9-12-17-35)30-61-49(36-18-13-10-14-19-36,37-20-24-39(58-6)25-21-37)38-22-26-40(59-7)27-23-38/h9-14,16-27,31-34,41,43-44,48H,8,15,29-30H2,1-7H3,(H,51,52,54,57)/t41-,43-,44-,48-,65?/m1/s1. The van der Waals surface area contributed by atoms with Crippen LogP contribution in [0.15, 0.2) is 122 Å². The lowest BCUT2D eigenvalue weighted by Gasteiger charge is -2.39. The van der Waals surface area contributed by atoms with Gasteiger partial charge in [-0.3, -0.25) is 9.36 Å². The molecule has 16 heteroatoms. The van der Waals surface area contributed by atoms with Gasteiger partial charge in [-0.25, -0.2) is 19.6 Å². The SMILES string of the molecule is CCO[C@@H]1[C@H](OP(OCCC#N)N(C(C)C)C(C)C)[C@@H](COC(c2ccccc2)(c2ccc(OC)cc2)c2ccc(OC)cc2)O[C@H]1n1cnc2c(NC(=O)c3ccccc3)ncnc21. The van der Waals surface area contributed by atoms with Gasteiger partial charge in [0.15, 0.2) is 23.2 Å². The summed E-state index contributed by atoms with van der Waals surface area (Å²) < 4.78 is 50.0. The van der Waals surface area contributed by atoms with Crippen molar-refractivity contribution >= 4 is 31.4 Å². The maximum Gasteiger partial charge on any atom is 0.259 e. The number of benzene rings is 4. The molecule has 5 atom stereocenters. The summed E-state index contributed by atoms with van der Waals surface area (Å²) in [6, 6.07) is 36.8. The Morgan fingerprint density at radius 2 is 1.45 bits per heavy atom. The lowest BCUT2D eigenvalue weighted by atomic mass is 9.80. The molecule has 0 aliphatic carbocycles. The number of nitriles is 1. The predicted octanol–water partition coefficient (Wildman–Crippen LogP) is 9.07. The quantitative estimate of drug-likeness (QED) is 0.0414. The van der Waals surface area contributed by atoms with Crippen LogP contribution in [0, 0.1) is 11.3 Å². The number of anilines is 1. The third-order valence-corrected chi connectivity index (χ3v) is 13.2. The zero-order valence-electron chi connectivity index (χ0n) is 37.7. The van der Waals surface area contributed by atoms with Crippen molar-refractivity contribution in [1.82, 2.24) is 24.2 Å². The maximum absolute atomic E-state index is 13.3. The van der Waals surface area contributed by atoms with Crippen LogP contribution in [-0.2, 0) is 28.9 Å². The van der Waals surface area contributed by atoms with Crippen LogP contribution in [0.5, 0.6) is 11.5 Å². The van der Waals surface area contributed by atoms with E-state index in [4.69, 9.17) is 37.7 Å². The van der Waals surface area contributed by atoms with Gasteiger partial charge in [0.1, 0.15) is 41.7 Å². The number of nitrogens with zero attached hydrogens (tertiary/aromatic N) is 6. The molecule has 1 N–H and O–H groups in total. The summed E-state index contributed by atoms with van der Waals surface area (Å²) >= 11 is 0. The van der Waals surface area contributed by atoms with E-state index in [1.807, 2.05) is 91.9 Å². The molecule has 1 aliphatic heterocycles. The smallest absolute Gasteiger partial charge is 0.259 e. The van der Waals surface area contributed by atoms with E-state index < -0.39 is 38.7 Å². The molecule has 0 radical (unpaired) electrons. The summed E-state index contributed by atoms with van der Waals surface area (Å²) in [6.07, 6.45) is 0.0132. The number of amides is 1. The average molecular weight is 902 g/mol. The number of hydrogen-bond acceptors (Lipinski definition) is 13. The Bertz CT molecular complexity index is 2430. The second kappa shape index (κ2) is 21.9. The molecule has 0 spiro atoms. The van der Waals surface area contributed by atoms with E-state index in [2.05, 4.69) is 53.7 Å². The van der Waals surface area contributed by atoms with Crippen molar-refractivity contribution in [2.45, 2.75) is 83.3 Å². The number of aromatic nitrogens is 4. The summed E-state index contributed by atoms with van der Waals surface area (Å²) in [5.74, 6) is 1.30. The predicted molar refractivity (Wildman–Crippen MR) is 247 cm³/mol. The van der Waals surface area contributed by atoms with E-state index in [0.29, 0.717) is 34.8 Å². The Labute approximate surface area is 381 Å². The molecule has 15 nitrogen and oxygen atoms in total. The van der Waals surface area contributed by atoms with Gasteiger partial charge >= 0.3 is 0 Å². The first-order chi connectivity index (χ1) is 31.6.